The molecular weight excluding hydrogens is 317 g/mol. The number of hydrogen-bond acceptors (Lipinski definition) is 2. The molecule has 14 heavy (non-hydrogen) atoms. The van der Waals surface area contributed by atoms with E-state index in [1.165, 1.54) is 6.07 Å². The lowest BCUT2D eigenvalue weighted by molar-refractivity contribution is -0.276. The van der Waals surface area contributed by atoms with Gasteiger partial charge < -0.3 is 4.74 Å². The highest BCUT2D eigenvalue weighted by Gasteiger charge is 2.33. The summed E-state index contributed by atoms with van der Waals surface area (Å²) in [5.74, 6) is -0.617. The summed E-state index contributed by atoms with van der Waals surface area (Å²) in [6, 6.07) is 1.30. The number of aromatic nitrogens is 1. The minimum atomic E-state index is -4.80. The normalized spacial score (nSPS) is 11.5. The molecule has 0 amide bonds. The van der Waals surface area contributed by atoms with Crippen molar-refractivity contribution in [3.63, 3.8) is 0 Å². The van der Waals surface area contributed by atoms with Gasteiger partial charge in [-0.1, -0.05) is 0 Å². The number of alkyl halides is 4. The van der Waals surface area contributed by atoms with Crippen LogP contribution in [0.1, 0.15) is 5.56 Å². The Morgan fingerprint density at radius 1 is 1.43 bits per heavy atom. The Morgan fingerprint density at radius 3 is 2.57 bits per heavy atom. The monoisotopic (exact) mass is 321 g/mol. The molecule has 0 aliphatic rings. The zero-order chi connectivity index (χ0) is 10.8. The van der Waals surface area contributed by atoms with E-state index in [2.05, 4.69) is 9.72 Å². The van der Waals surface area contributed by atoms with Gasteiger partial charge >= 0.3 is 6.36 Å². The zero-order valence-corrected chi connectivity index (χ0v) is 8.76. The third kappa shape index (κ3) is 2.96. The van der Waals surface area contributed by atoms with Crippen LogP contribution in [0.15, 0.2) is 12.3 Å². The Kier molecular flexibility index (Phi) is 3.51. The largest absolute Gasteiger partial charge is 0.574 e. The third-order valence-corrected chi connectivity index (χ3v) is 2.45. The van der Waals surface area contributed by atoms with Gasteiger partial charge in [0, 0.05) is 11.8 Å². The molecule has 0 bridgehead atoms. The second-order valence-electron chi connectivity index (χ2n) is 2.27. The molecule has 0 atom stereocenters. The van der Waals surface area contributed by atoms with Crippen LogP contribution in [0.3, 0.4) is 0 Å². The summed E-state index contributed by atoms with van der Waals surface area (Å²) in [5.41, 5.74) is 0.125. The van der Waals surface area contributed by atoms with Gasteiger partial charge in [-0.25, -0.2) is 9.37 Å². The highest BCUT2D eigenvalue weighted by molar-refractivity contribution is 14.1. The summed E-state index contributed by atoms with van der Waals surface area (Å²) in [7, 11) is 0. The Bertz CT molecular complexity index is 328. The summed E-state index contributed by atoms with van der Waals surface area (Å²) >= 11 is 1.55. The Hall–Kier alpha value is -0.600. The van der Waals surface area contributed by atoms with Crippen LogP contribution in [-0.4, -0.2) is 11.3 Å². The fourth-order valence-corrected chi connectivity index (χ4v) is 1.32. The van der Waals surface area contributed by atoms with Gasteiger partial charge in [0.1, 0.15) is 6.67 Å². The second kappa shape index (κ2) is 4.28. The van der Waals surface area contributed by atoms with E-state index in [1.54, 1.807) is 22.6 Å². The molecule has 0 fully saturated rings. The van der Waals surface area contributed by atoms with Gasteiger partial charge in [0.2, 0.25) is 5.88 Å². The van der Waals surface area contributed by atoms with Gasteiger partial charge in [0.25, 0.3) is 0 Å². The molecule has 1 aromatic heterocycles. The van der Waals surface area contributed by atoms with Crippen LogP contribution < -0.4 is 4.74 Å². The SMILES string of the molecule is FCc1ccnc(OC(F)(F)F)c1I. The van der Waals surface area contributed by atoms with Crippen molar-refractivity contribution in [2.45, 2.75) is 13.0 Å². The van der Waals surface area contributed by atoms with Crippen LogP contribution in [0, 0.1) is 3.57 Å². The summed E-state index contributed by atoms with van der Waals surface area (Å²) < 4.78 is 51.2. The molecule has 1 rings (SSSR count). The first kappa shape index (κ1) is 11.5. The standard InChI is InChI=1S/C7H4F4INO/c8-3-4-1-2-13-6(5(4)12)14-7(9,10)11/h1-2H,3H2. The number of hydrogen-bond donors (Lipinski definition) is 0. The number of ether oxygens (including phenoxy) is 1. The molecule has 1 heterocycles. The van der Waals surface area contributed by atoms with Crippen LogP contribution in [0.4, 0.5) is 17.6 Å². The second-order valence-corrected chi connectivity index (χ2v) is 3.35. The Morgan fingerprint density at radius 2 is 2.07 bits per heavy atom. The van der Waals surface area contributed by atoms with E-state index in [4.69, 9.17) is 0 Å². The number of nitrogens with zero attached hydrogens (tertiary/aromatic N) is 1. The predicted octanol–water partition coefficient (Wildman–Crippen LogP) is 3.05. The van der Waals surface area contributed by atoms with Crippen molar-refractivity contribution in [3.8, 4) is 5.88 Å². The van der Waals surface area contributed by atoms with E-state index in [0.717, 1.165) is 6.20 Å². The summed E-state index contributed by atoms with van der Waals surface area (Å²) in [5, 5.41) is 0. The molecule has 78 valence electrons. The van der Waals surface area contributed by atoms with Crippen molar-refractivity contribution in [1.82, 2.24) is 4.98 Å². The van der Waals surface area contributed by atoms with Gasteiger partial charge in [-0.3, -0.25) is 0 Å². The van der Waals surface area contributed by atoms with E-state index in [0.29, 0.717) is 0 Å². The zero-order valence-electron chi connectivity index (χ0n) is 6.61. The molecule has 1 aromatic rings. The van der Waals surface area contributed by atoms with Crippen molar-refractivity contribution in [2.75, 3.05) is 0 Å². The van der Waals surface area contributed by atoms with Gasteiger partial charge in [-0.2, -0.15) is 0 Å². The van der Waals surface area contributed by atoms with Crippen LogP contribution in [0.25, 0.3) is 0 Å². The molecule has 0 aliphatic carbocycles. The quantitative estimate of drug-likeness (QED) is 0.617. The molecule has 0 saturated carbocycles. The summed E-state index contributed by atoms with van der Waals surface area (Å²) in [6.45, 7) is -0.852. The molecular formula is C7H4F4INO. The van der Waals surface area contributed by atoms with E-state index >= 15 is 0 Å². The van der Waals surface area contributed by atoms with Crippen molar-refractivity contribution in [1.29, 1.82) is 0 Å². The number of rotatable bonds is 2. The first-order chi connectivity index (χ1) is 6.44. The molecule has 7 heteroatoms. The minimum absolute atomic E-state index is 0.0323. The maximum Gasteiger partial charge on any atom is 0.574 e. The van der Waals surface area contributed by atoms with Gasteiger partial charge in [0.05, 0.1) is 3.57 Å². The maximum atomic E-state index is 12.2. The minimum Gasteiger partial charge on any atom is -0.387 e. The fraction of sp³-hybridized carbons (Fsp3) is 0.286. The Balaban J connectivity index is 2.98. The van der Waals surface area contributed by atoms with Crippen LogP contribution in [0.5, 0.6) is 5.88 Å². The first-order valence-electron chi connectivity index (χ1n) is 3.39. The highest BCUT2D eigenvalue weighted by Crippen LogP contribution is 2.27. The van der Waals surface area contributed by atoms with Crippen LogP contribution >= 0.6 is 22.6 Å². The molecule has 0 spiro atoms. The van der Waals surface area contributed by atoms with Crippen molar-refractivity contribution in [3.05, 3.63) is 21.4 Å². The number of pyridine rings is 1. The van der Waals surface area contributed by atoms with Crippen molar-refractivity contribution in [2.24, 2.45) is 0 Å². The van der Waals surface area contributed by atoms with Crippen LogP contribution in [0.2, 0.25) is 0 Å². The van der Waals surface area contributed by atoms with Crippen LogP contribution in [-0.2, 0) is 6.67 Å². The average molecular weight is 321 g/mol. The van der Waals surface area contributed by atoms with Crippen molar-refractivity contribution >= 4 is 22.6 Å². The molecule has 0 aromatic carbocycles. The third-order valence-electron chi connectivity index (χ3n) is 1.29. The predicted molar refractivity (Wildman–Crippen MR) is 48.4 cm³/mol. The average Bonchev–Trinajstić information content (AvgIpc) is 2.06. The lowest BCUT2D eigenvalue weighted by atomic mass is 10.3. The molecule has 0 aliphatic heterocycles. The molecule has 0 saturated heterocycles. The molecule has 0 radical (unpaired) electrons. The van der Waals surface area contributed by atoms with Gasteiger partial charge in [-0.05, 0) is 28.7 Å². The van der Waals surface area contributed by atoms with Gasteiger partial charge in [-0.15, -0.1) is 13.2 Å². The number of halogens is 5. The maximum absolute atomic E-state index is 12.2. The lowest BCUT2D eigenvalue weighted by Crippen LogP contribution is -2.19. The van der Waals surface area contributed by atoms with E-state index in [-0.39, 0.29) is 9.13 Å². The summed E-state index contributed by atoms with van der Waals surface area (Å²) in [4.78, 5) is 3.36. The first-order valence-corrected chi connectivity index (χ1v) is 4.47. The Labute approximate surface area is 90.4 Å². The van der Waals surface area contributed by atoms with E-state index in [9.17, 15) is 17.6 Å². The highest BCUT2D eigenvalue weighted by atomic mass is 127. The topological polar surface area (TPSA) is 22.1 Å². The molecule has 2 nitrogen and oxygen atoms in total. The van der Waals surface area contributed by atoms with E-state index in [1.807, 2.05) is 0 Å². The molecule has 0 N–H and O–H groups in total. The van der Waals surface area contributed by atoms with Crippen molar-refractivity contribution < 1.29 is 22.3 Å². The summed E-state index contributed by atoms with van der Waals surface area (Å²) in [6.07, 6.45) is -3.74. The van der Waals surface area contributed by atoms with Gasteiger partial charge in [0.15, 0.2) is 0 Å². The fourth-order valence-electron chi connectivity index (χ4n) is 0.746. The van der Waals surface area contributed by atoms with E-state index < -0.39 is 18.9 Å². The lowest BCUT2D eigenvalue weighted by Gasteiger charge is -2.10. The smallest absolute Gasteiger partial charge is 0.387 e. The molecule has 0 unspecified atom stereocenters.